The second-order valence-corrected chi connectivity index (χ2v) is 4.20. The summed E-state index contributed by atoms with van der Waals surface area (Å²) in [4.78, 5) is 33.8. The highest BCUT2D eigenvalue weighted by atomic mass is 35.5. The van der Waals surface area contributed by atoms with E-state index in [1.54, 1.807) is 0 Å². The number of benzene rings is 1. The summed E-state index contributed by atoms with van der Waals surface area (Å²) in [6.07, 6.45) is 1.38. The van der Waals surface area contributed by atoms with E-state index in [0.29, 0.717) is 0 Å². The molecule has 0 unspecified atom stereocenters. The van der Waals surface area contributed by atoms with Crippen LogP contribution in [0.25, 0.3) is 0 Å². The summed E-state index contributed by atoms with van der Waals surface area (Å²) >= 11 is 5.82. The Morgan fingerprint density at radius 3 is 2.60 bits per heavy atom. The molecule has 20 heavy (non-hydrogen) atoms. The van der Waals surface area contributed by atoms with Gasteiger partial charge in [0.2, 0.25) is 0 Å². The summed E-state index contributed by atoms with van der Waals surface area (Å²) in [7, 11) is 0. The first-order chi connectivity index (χ1) is 9.36. The van der Waals surface area contributed by atoms with Crippen molar-refractivity contribution in [2.45, 2.75) is 0 Å². The van der Waals surface area contributed by atoms with Gasteiger partial charge < -0.3 is 10.0 Å². The molecule has 7 nitrogen and oxygen atoms in total. The number of carbonyl (C=O) groups excluding carboxylic acids is 1. The second-order valence-electron chi connectivity index (χ2n) is 3.79. The molecule has 0 spiro atoms. The van der Waals surface area contributed by atoms with Gasteiger partial charge >= 0.3 is 5.97 Å². The number of carbonyl (C=O) groups is 2. The number of nitro benzene ring substituents is 1. The molecule has 1 rings (SSSR count). The third-order valence-electron chi connectivity index (χ3n) is 2.36. The molecular weight excluding hydrogens is 288 g/mol. The zero-order chi connectivity index (χ0) is 15.3. The van der Waals surface area contributed by atoms with E-state index in [0.717, 1.165) is 17.0 Å². The second kappa shape index (κ2) is 6.67. The summed E-state index contributed by atoms with van der Waals surface area (Å²) in [6.45, 7) is 2.94. The van der Waals surface area contributed by atoms with Gasteiger partial charge in [-0.1, -0.05) is 17.7 Å². The maximum absolute atomic E-state index is 12.1. The van der Waals surface area contributed by atoms with Crippen LogP contribution in [-0.2, 0) is 4.79 Å². The zero-order valence-corrected chi connectivity index (χ0v) is 11.0. The van der Waals surface area contributed by atoms with Crippen molar-refractivity contribution in [3.63, 3.8) is 0 Å². The van der Waals surface area contributed by atoms with Crippen molar-refractivity contribution in [1.82, 2.24) is 4.90 Å². The minimum atomic E-state index is -1.18. The molecule has 0 aliphatic heterocycles. The first-order valence-corrected chi connectivity index (χ1v) is 5.80. The molecular formula is C12H11ClN2O5. The molecule has 0 bridgehead atoms. The van der Waals surface area contributed by atoms with Crippen LogP contribution in [-0.4, -0.2) is 39.9 Å². The molecule has 0 heterocycles. The van der Waals surface area contributed by atoms with Crippen molar-refractivity contribution >= 4 is 29.2 Å². The largest absolute Gasteiger partial charge is 0.480 e. The summed E-state index contributed by atoms with van der Waals surface area (Å²) in [5, 5.41) is 19.2. The predicted octanol–water partition coefficient (Wildman–Crippen LogP) is 1.96. The van der Waals surface area contributed by atoms with Crippen molar-refractivity contribution in [2.24, 2.45) is 0 Å². The lowest BCUT2D eigenvalue weighted by Gasteiger charge is -2.19. The monoisotopic (exact) mass is 298 g/mol. The summed E-state index contributed by atoms with van der Waals surface area (Å²) in [5.74, 6) is -1.81. The maximum Gasteiger partial charge on any atom is 0.323 e. The number of hydrogen-bond acceptors (Lipinski definition) is 4. The Morgan fingerprint density at radius 1 is 1.50 bits per heavy atom. The van der Waals surface area contributed by atoms with Crippen molar-refractivity contribution in [1.29, 1.82) is 0 Å². The lowest BCUT2D eigenvalue weighted by atomic mass is 10.1. The van der Waals surface area contributed by atoms with Crippen molar-refractivity contribution < 1.29 is 19.6 Å². The fraction of sp³-hybridized carbons (Fsp3) is 0.167. The van der Waals surface area contributed by atoms with Gasteiger partial charge in [0.25, 0.3) is 11.6 Å². The quantitative estimate of drug-likeness (QED) is 0.491. The molecule has 0 aliphatic rings. The summed E-state index contributed by atoms with van der Waals surface area (Å²) < 4.78 is 0. The molecule has 1 N–H and O–H groups in total. The third kappa shape index (κ3) is 3.79. The number of carboxylic acid groups (broad SMARTS) is 1. The van der Waals surface area contributed by atoms with Crippen LogP contribution in [0, 0.1) is 10.1 Å². The van der Waals surface area contributed by atoms with Crippen LogP contribution in [0.5, 0.6) is 0 Å². The van der Waals surface area contributed by atoms with Crippen molar-refractivity contribution in [3.05, 3.63) is 51.6 Å². The van der Waals surface area contributed by atoms with Crippen LogP contribution in [0.2, 0.25) is 5.02 Å². The molecule has 8 heteroatoms. The molecule has 106 valence electrons. The smallest absolute Gasteiger partial charge is 0.323 e. The average molecular weight is 299 g/mol. The Morgan fingerprint density at radius 2 is 2.15 bits per heavy atom. The lowest BCUT2D eigenvalue weighted by Crippen LogP contribution is -2.35. The number of hydrogen-bond donors (Lipinski definition) is 1. The van der Waals surface area contributed by atoms with Gasteiger partial charge in [-0.2, -0.15) is 0 Å². The van der Waals surface area contributed by atoms with Gasteiger partial charge in [-0.25, -0.2) is 0 Å². The molecule has 1 amide bonds. The van der Waals surface area contributed by atoms with Gasteiger partial charge in [-0.05, 0) is 6.07 Å². The lowest BCUT2D eigenvalue weighted by molar-refractivity contribution is -0.384. The number of halogens is 1. The number of nitro groups is 1. The Hall–Kier alpha value is -2.41. The number of carboxylic acids is 1. The van der Waals surface area contributed by atoms with Gasteiger partial charge in [0.15, 0.2) is 0 Å². The highest BCUT2D eigenvalue weighted by Crippen LogP contribution is 2.23. The zero-order valence-electron chi connectivity index (χ0n) is 10.3. The van der Waals surface area contributed by atoms with Crippen LogP contribution in [0.3, 0.4) is 0 Å². The molecule has 1 aromatic carbocycles. The van der Waals surface area contributed by atoms with Gasteiger partial charge in [0.05, 0.1) is 15.5 Å². The van der Waals surface area contributed by atoms with Crippen LogP contribution >= 0.6 is 11.6 Å². The van der Waals surface area contributed by atoms with Gasteiger partial charge in [0, 0.05) is 18.7 Å². The first kappa shape index (κ1) is 15.6. The molecule has 0 saturated heterocycles. The minimum absolute atomic E-state index is 0.000340. The van der Waals surface area contributed by atoms with Gasteiger partial charge in [-0.3, -0.25) is 19.7 Å². The Labute approximate surface area is 119 Å². The molecule has 0 atom stereocenters. The van der Waals surface area contributed by atoms with Crippen LogP contribution in [0.4, 0.5) is 5.69 Å². The topological polar surface area (TPSA) is 101 Å². The summed E-state index contributed by atoms with van der Waals surface area (Å²) in [5.41, 5.74) is -0.250. The molecule has 0 saturated carbocycles. The van der Waals surface area contributed by atoms with Crippen LogP contribution in [0.15, 0.2) is 30.9 Å². The van der Waals surface area contributed by atoms with E-state index in [9.17, 15) is 19.7 Å². The van der Waals surface area contributed by atoms with Crippen LogP contribution < -0.4 is 0 Å². The van der Waals surface area contributed by atoms with Gasteiger partial charge in [0.1, 0.15) is 6.54 Å². The van der Waals surface area contributed by atoms with E-state index in [2.05, 4.69) is 6.58 Å². The van der Waals surface area contributed by atoms with Crippen molar-refractivity contribution in [2.75, 3.05) is 13.1 Å². The number of non-ortho nitro benzene ring substituents is 1. The van der Waals surface area contributed by atoms with E-state index < -0.39 is 23.3 Å². The highest BCUT2D eigenvalue weighted by Gasteiger charge is 2.21. The fourth-order valence-electron chi connectivity index (χ4n) is 1.50. The molecule has 0 fully saturated rings. The van der Waals surface area contributed by atoms with Crippen LogP contribution in [0.1, 0.15) is 10.4 Å². The Balaban J connectivity index is 3.08. The molecule has 0 radical (unpaired) electrons. The normalized spacial score (nSPS) is 9.85. The van der Waals surface area contributed by atoms with E-state index >= 15 is 0 Å². The van der Waals surface area contributed by atoms with E-state index in [4.69, 9.17) is 16.7 Å². The van der Waals surface area contributed by atoms with Crippen molar-refractivity contribution in [3.8, 4) is 0 Å². The summed E-state index contributed by atoms with van der Waals surface area (Å²) in [6, 6.07) is 3.37. The number of amides is 1. The average Bonchev–Trinajstić information content (AvgIpc) is 2.36. The number of aliphatic carboxylic acids is 1. The molecule has 0 aliphatic carbocycles. The third-order valence-corrected chi connectivity index (χ3v) is 2.67. The van der Waals surface area contributed by atoms with E-state index in [1.807, 2.05) is 0 Å². The first-order valence-electron chi connectivity index (χ1n) is 5.42. The van der Waals surface area contributed by atoms with E-state index in [1.165, 1.54) is 12.1 Å². The highest BCUT2D eigenvalue weighted by molar-refractivity contribution is 6.34. The van der Waals surface area contributed by atoms with Gasteiger partial charge in [-0.15, -0.1) is 6.58 Å². The maximum atomic E-state index is 12.1. The Kier molecular flexibility index (Phi) is 5.22. The number of nitrogens with zero attached hydrogens (tertiary/aromatic N) is 2. The SMILES string of the molecule is C=CCN(CC(=O)O)C(=O)c1ccc([N+](=O)[O-])cc1Cl. The minimum Gasteiger partial charge on any atom is -0.480 e. The predicted molar refractivity (Wildman–Crippen MR) is 71.8 cm³/mol. The fourth-order valence-corrected chi connectivity index (χ4v) is 1.76. The van der Waals surface area contributed by atoms with E-state index in [-0.39, 0.29) is 22.8 Å². The molecule has 1 aromatic rings. The molecule has 0 aromatic heterocycles. The standard InChI is InChI=1S/C12H11ClN2O5/c1-2-5-14(7-11(16)17)12(18)9-4-3-8(15(19)20)6-10(9)13/h2-4,6H,1,5,7H2,(H,16,17). The Bertz CT molecular complexity index is 573. The number of rotatable bonds is 6.